The molecular formula is C54H64ClN3O7. The van der Waals surface area contributed by atoms with Crippen molar-refractivity contribution in [1.29, 1.82) is 5.26 Å². The minimum atomic E-state index is -0.382. The van der Waals surface area contributed by atoms with Gasteiger partial charge in [0.15, 0.2) is 23.0 Å². The van der Waals surface area contributed by atoms with Gasteiger partial charge in [-0.2, -0.15) is 5.26 Å². The maximum Gasteiger partial charge on any atom is 0.231 e. The number of halogens is 1. The minimum Gasteiger partial charge on any atom is -0.454 e. The molecule has 1 N–H and O–H groups in total. The number of carbonyl (C=O) groups excluding carboxylic acids is 2. The van der Waals surface area contributed by atoms with Crippen LogP contribution in [0.5, 0.6) is 23.0 Å². The molecule has 4 heterocycles. The average molecular weight is 903 g/mol. The summed E-state index contributed by atoms with van der Waals surface area (Å²) in [5.41, 5.74) is 8.94. The molecule has 10 nitrogen and oxygen atoms in total. The van der Waals surface area contributed by atoms with E-state index in [1.54, 1.807) is 0 Å². The molecule has 11 heteroatoms. The lowest BCUT2D eigenvalue weighted by atomic mass is 9.84. The van der Waals surface area contributed by atoms with Crippen LogP contribution in [0, 0.1) is 22.2 Å². The summed E-state index contributed by atoms with van der Waals surface area (Å²) >= 11 is 6.11. The molecule has 2 fully saturated rings. The van der Waals surface area contributed by atoms with E-state index >= 15 is 0 Å². The van der Waals surface area contributed by atoms with Gasteiger partial charge in [-0.1, -0.05) is 77.9 Å². The fourth-order valence-corrected chi connectivity index (χ4v) is 10.7. The second kappa shape index (κ2) is 18.2. The van der Waals surface area contributed by atoms with Crippen molar-refractivity contribution in [2.75, 3.05) is 49.5 Å². The van der Waals surface area contributed by atoms with Crippen molar-refractivity contribution < 1.29 is 33.6 Å². The number of anilines is 2. The Morgan fingerprint density at radius 1 is 0.646 bits per heavy atom. The summed E-state index contributed by atoms with van der Waals surface area (Å²) in [6.07, 6.45) is 7.00. The van der Waals surface area contributed by atoms with Crippen LogP contribution in [0.25, 0.3) is 0 Å². The first-order valence-electron chi connectivity index (χ1n) is 23.1. The van der Waals surface area contributed by atoms with Gasteiger partial charge < -0.3 is 33.9 Å². The van der Waals surface area contributed by atoms with E-state index in [0.717, 1.165) is 104 Å². The number of carbonyl (C=O) groups is 2. The zero-order valence-corrected chi connectivity index (χ0v) is 39.9. The summed E-state index contributed by atoms with van der Waals surface area (Å²) < 4.78 is 21.9. The Morgan fingerprint density at radius 2 is 1.06 bits per heavy atom. The summed E-state index contributed by atoms with van der Waals surface area (Å²) in [5, 5.41) is 16.1. The van der Waals surface area contributed by atoms with Crippen LogP contribution in [0.3, 0.4) is 0 Å². The first-order chi connectivity index (χ1) is 31.1. The molecule has 4 aromatic rings. The van der Waals surface area contributed by atoms with Crippen LogP contribution in [-0.4, -0.2) is 68.4 Å². The number of rotatable bonds is 12. The summed E-state index contributed by atoms with van der Waals surface area (Å²) in [4.78, 5) is 31.6. The highest BCUT2D eigenvalue weighted by atomic mass is 35.5. The first-order valence-corrected chi connectivity index (χ1v) is 23.7. The molecule has 0 spiro atoms. The second-order valence-corrected chi connectivity index (χ2v) is 21.0. The molecule has 2 atom stereocenters. The molecule has 4 aliphatic heterocycles. The summed E-state index contributed by atoms with van der Waals surface area (Å²) in [7, 11) is 1.00. The number of hydrogen-bond donors (Lipinski definition) is 1. The predicted molar refractivity (Wildman–Crippen MR) is 255 cm³/mol. The smallest absolute Gasteiger partial charge is 0.231 e. The molecule has 0 radical (unpaired) electrons. The van der Waals surface area contributed by atoms with E-state index in [1.165, 1.54) is 22.5 Å². The molecule has 6 aliphatic rings. The number of fused-ring (bicyclic) bond motifs is 4. The van der Waals surface area contributed by atoms with Gasteiger partial charge in [-0.15, -0.1) is 11.6 Å². The van der Waals surface area contributed by atoms with Gasteiger partial charge in [-0.25, -0.2) is 0 Å². The molecule has 0 bridgehead atoms. The lowest BCUT2D eigenvalue weighted by Crippen LogP contribution is -2.42. The number of aliphatic hydroxyl groups excluding tert-OH is 1. The predicted octanol–water partition coefficient (Wildman–Crippen LogP) is 9.83. The number of alkyl halides is 1. The molecule has 0 amide bonds. The van der Waals surface area contributed by atoms with Gasteiger partial charge in [0.05, 0.1) is 23.3 Å². The Morgan fingerprint density at radius 3 is 1.45 bits per heavy atom. The van der Waals surface area contributed by atoms with Crippen molar-refractivity contribution in [1.82, 2.24) is 0 Å². The standard InChI is InChI=1S/C27H30N2O3.C26H30ClNO3.CH4O/c1-26(2,3)24-15-19-13-18(5-7-21(19)29(24)12-4-11-28)14-25(30)27(9-10-27)20-6-8-22-23(16-20)32-17-31-22;1-25(2,3)23-14-18-12-17(4-6-20(18)28(23)11-10-27)13-24(29)26(8-9-26)19-5-7-21-22(15-19)31-16-30-21;1-2/h5-8,13,16,24H,4,9-10,12,14-15,17H2,1-3H3;4-7,12,15,23H,8-11,13-14,16H2,1-3H3;2H,1H3. The normalized spacial score (nSPS) is 19.8. The summed E-state index contributed by atoms with van der Waals surface area (Å²) in [6.45, 7) is 15.7. The van der Waals surface area contributed by atoms with Crippen molar-refractivity contribution in [3.8, 4) is 29.1 Å². The lowest BCUT2D eigenvalue weighted by molar-refractivity contribution is -0.121. The van der Waals surface area contributed by atoms with Crippen molar-refractivity contribution in [3.05, 3.63) is 106 Å². The van der Waals surface area contributed by atoms with Crippen molar-refractivity contribution in [3.63, 3.8) is 0 Å². The van der Waals surface area contributed by atoms with E-state index in [2.05, 4.69) is 93.8 Å². The van der Waals surface area contributed by atoms with Crippen molar-refractivity contribution in [2.45, 2.75) is 122 Å². The lowest BCUT2D eigenvalue weighted by Gasteiger charge is -2.36. The van der Waals surface area contributed by atoms with Gasteiger partial charge in [0.1, 0.15) is 11.6 Å². The Hall–Kier alpha value is -5.24. The highest BCUT2D eigenvalue weighted by Crippen LogP contribution is 2.53. The van der Waals surface area contributed by atoms with Gasteiger partial charge >= 0.3 is 0 Å². The zero-order chi connectivity index (χ0) is 46.3. The van der Waals surface area contributed by atoms with Crippen LogP contribution in [0.4, 0.5) is 11.4 Å². The van der Waals surface area contributed by atoms with Crippen LogP contribution in [0.1, 0.15) is 107 Å². The molecule has 2 aliphatic carbocycles. The van der Waals surface area contributed by atoms with Gasteiger partial charge in [0.2, 0.25) is 13.6 Å². The number of nitriles is 1. The highest BCUT2D eigenvalue weighted by Gasteiger charge is 2.52. The number of benzene rings is 4. The molecule has 10 rings (SSSR count). The van der Waals surface area contributed by atoms with Crippen LogP contribution in [0.2, 0.25) is 0 Å². The quantitative estimate of drug-likeness (QED) is 0.138. The number of ether oxygens (including phenoxy) is 4. The van der Waals surface area contributed by atoms with E-state index in [9.17, 15) is 9.59 Å². The molecule has 0 aromatic heterocycles. The summed E-state index contributed by atoms with van der Waals surface area (Å²) in [6, 6.07) is 28.0. The van der Waals surface area contributed by atoms with Crippen molar-refractivity contribution >= 4 is 34.5 Å². The second-order valence-electron chi connectivity index (χ2n) is 20.6. The summed E-state index contributed by atoms with van der Waals surface area (Å²) in [5.74, 6) is 4.21. The number of ketones is 2. The van der Waals surface area contributed by atoms with Gasteiger partial charge in [-0.3, -0.25) is 9.59 Å². The first kappa shape index (κ1) is 46.3. The minimum absolute atomic E-state index is 0.113. The maximum atomic E-state index is 13.4. The number of aliphatic hydroxyl groups is 1. The van der Waals surface area contributed by atoms with Crippen LogP contribution in [-0.2, 0) is 46.1 Å². The number of Topliss-reactive ketones (excluding diaryl/α,β-unsaturated/α-hetero) is 2. The van der Waals surface area contributed by atoms with Crippen LogP contribution in [0.15, 0.2) is 72.8 Å². The van der Waals surface area contributed by atoms with E-state index in [1.807, 2.05) is 36.4 Å². The fraction of sp³-hybridized carbons (Fsp3) is 0.500. The Kier molecular flexibility index (Phi) is 13.0. The number of hydrogen-bond acceptors (Lipinski definition) is 10. The molecular weight excluding hydrogens is 838 g/mol. The van der Waals surface area contributed by atoms with E-state index in [0.29, 0.717) is 43.0 Å². The average Bonchev–Trinajstić information content (AvgIpc) is 4.04. The van der Waals surface area contributed by atoms with E-state index < -0.39 is 0 Å². The highest BCUT2D eigenvalue weighted by molar-refractivity contribution is 6.18. The molecule has 344 valence electrons. The zero-order valence-electron chi connectivity index (χ0n) is 39.1. The Labute approximate surface area is 389 Å². The van der Waals surface area contributed by atoms with Gasteiger partial charge in [-0.05, 0) is 119 Å². The molecule has 2 unspecified atom stereocenters. The number of nitrogens with zero attached hydrogens (tertiary/aromatic N) is 3. The van der Waals surface area contributed by atoms with Crippen molar-refractivity contribution in [2.24, 2.45) is 10.8 Å². The van der Waals surface area contributed by atoms with E-state index in [4.69, 9.17) is 40.9 Å². The van der Waals surface area contributed by atoms with Gasteiger partial charge in [0, 0.05) is 62.4 Å². The monoisotopic (exact) mass is 901 g/mol. The third-order valence-corrected chi connectivity index (χ3v) is 14.6. The Balaban J connectivity index is 0.000000171. The van der Waals surface area contributed by atoms with Gasteiger partial charge in [0.25, 0.3) is 0 Å². The van der Waals surface area contributed by atoms with Crippen LogP contribution >= 0.6 is 11.6 Å². The van der Waals surface area contributed by atoms with E-state index in [-0.39, 0.29) is 41.0 Å². The third kappa shape index (κ3) is 9.16. The molecule has 2 saturated carbocycles. The largest absolute Gasteiger partial charge is 0.454 e. The van der Waals surface area contributed by atoms with Crippen LogP contribution < -0.4 is 28.7 Å². The topological polar surface area (TPSA) is 122 Å². The fourth-order valence-electron chi connectivity index (χ4n) is 10.5. The molecule has 0 saturated heterocycles. The maximum absolute atomic E-state index is 13.4. The Bertz CT molecular complexity index is 2470. The molecule has 4 aromatic carbocycles. The third-order valence-electron chi connectivity index (χ3n) is 14.4. The molecule has 65 heavy (non-hydrogen) atoms. The SMILES string of the molecule is CC(C)(C)C1Cc2cc(CC(=O)C3(c4ccc5c(c4)OCO5)CC3)ccc2N1CCC#N.CC(C)(C)C1Cc2cc(CC(=O)C3(c4ccc5c(c4)OCO5)CC3)ccc2N1CCCl.CO.